The van der Waals surface area contributed by atoms with Crippen LogP contribution in [0.3, 0.4) is 0 Å². The van der Waals surface area contributed by atoms with E-state index in [0.717, 1.165) is 5.56 Å². The lowest BCUT2D eigenvalue weighted by atomic mass is 10.1. The van der Waals surface area contributed by atoms with E-state index < -0.39 is 0 Å². The second kappa shape index (κ2) is 8.79. The number of hydrogen-bond donors (Lipinski definition) is 3. The molecule has 0 aliphatic heterocycles. The number of aromatic nitrogens is 2. The van der Waals surface area contributed by atoms with Crippen LogP contribution in [0.4, 0.5) is 17.5 Å². The van der Waals surface area contributed by atoms with E-state index in [1.165, 1.54) is 7.11 Å². The summed E-state index contributed by atoms with van der Waals surface area (Å²) in [7, 11) is 1.46. The third-order valence-corrected chi connectivity index (χ3v) is 4.16. The molecule has 3 rings (SSSR count). The van der Waals surface area contributed by atoms with Crippen molar-refractivity contribution in [2.45, 2.75) is 6.92 Å². The number of amides is 1. The van der Waals surface area contributed by atoms with Gasteiger partial charge in [0.15, 0.2) is 18.1 Å². The van der Waals surface area contributed by atoms with Crippen LogP contribution in [0.15, 0.2) is 42.5 Å². The third kappa shape index (κ3) is 4.56. The van der Waals surface area contributed by atoms with Crippen LogP contribution in [0.2, 0.25) is 0 Å². The molecule has 1 amide bonds. The number of nitrogens with one attached hydrogen (secondary N) is 1. The zero-order valence-corrected chi connectivity index (χ0v) is 16.5. The molecule has 9 heteroatoms. The van der Waals surface area contributed by atoms with E-state index in [9.17, 15) is 10.1 Å². The molecule has 5 N–H and O–H groups in total. The first-order valence-electron chi connectivity index (χ1n) is 8.92. The monoisotopic (exact) mass is 404 g/mol. The molecule has 0 fully saturated rings. The van der Waals surface area contributed by atoms with Crippen LogP contribution in [0.1, 0.15) is 11.1 Å². The van der Waals surface area contributed by atoms with Gasteiger partial charge in [-0.25, -0.2) is 4.98 Å². The maximum absolute atomic E-state index is 12.2. The second-order valence-electron chi connectivity index (χ2n) is 6.37. The Balaban J connectivity index is 1.78. The topological polar surface area (TPSA) is 149 Å². The third-order valence-electron chi connectivity index (χ3n) is 4.16. The van der Waals surface area contributed by atoms with Crippen LogP contribution in [0, 0.1) is 18.3 Å². The van der Waals surface area contributed by atoms with Crippen molar-refractivity contribution in [1.29, 1.82) is 5.26 Å². The molecule has 1 aromatic heterocycles. The molecule has 30 heavy (non-hydrogen) atoms. The standard InChI is InChI=1S/C21H20N6O3/c1-12-4-3-5-14(8-12)25-18(28)11-30-16-7-6-13(9-17(16)29-2)19-15(10-22)20(23)27-21(24)26-19/h3-9H,11H2,1-2H3,(H,25,28)(H4,23,24,26,27). The molecule has 2 aromatic carbocycles. The summed E-state index contributed by atoms with van der Waals surface area (Å²) in [5.41, 5.74) is 14.1. The van der Waals surface area contributed by atoms with Gasteiger partial charge in [-0.3, -0.25) is 4.79 Å². The fraction of sp³-hybridized carbons (Fsp3) is 0.143. The Morgan fingerprint density at radius 3 is 2.67 bits per heavy atom. The van der Waals surface area contributed by atoms with Gasteiger partial charge in [0.2, 0.25) is 5.95 Å². The van der Waals surface area contributed by atoms with E-state index in [1.807, 2.05) is 31.2 Å². The molecule has 0 spiro atoms. The van der Waals surface area contributed by atoms with Gasteiger partial charge in [-0.05, 0) is 42.8 Å². The summed E-state index contributed by atoms with van der Waals surface area (Å²) in [4.78, 5) is 20.1. The molecule has 0 radical (unpaired) electrons. The molecule has 0 aliphatic rings. The Labute approximate surface area is 173 Å². The van der Waals surface area contributed by atoms with Crippen molar-refractivity contribution in [3.8, 4) is 28.8 Å². The van der Waals surface area contributed by atoms with Gasteiger partial charge < -0.3 is 26.3 Å². The normalized spacial score (nSPS) is 10.2. The number of nitrogens with two attached hydrogens (primary N) is 2. The minimum atomic E-state index is -0.310. The first-order chi connectivity index (χ1) is 14.4. The van der Waals surface area contributed by atoms with Crippen LogP contribution >= 0.6 is 0 Å². The number of carbonyl (C=O) groups is 1. The van der Waals surface area contributed by atoms with Gasteiger partial charge in [-0.15, -0.1) is 0 Å². The fourth-order valence-corrected chi connectivity index (χ4v) is 2.81. The highest BCUT2D eigenvalue weighted by atomic mass is 16.5. The zero-order valence-electron chi connectivity index (χ0n) is 16.5. The lowest BCUT2D eigenvalue weighted by molar-refractivity contribution is -0.118. The minimum Gasteiger partial charge on any atom is -0.493 e. The van der Waals surface area contributed by atoms with Crippen LogP contribution in [0.5, 0.6) is 11.5 Å². The maximum atomic E-state index is 12.2. The molecule has 0 bridgehead atoms. The highest BCUT2D eigenvalue weighted by Gasteiger charge is 2.16. The van der Waals surface area contributed by atoms with Crippen molar-refractivity contribution in [3.05, 3.63) is 53.6 Å². The summed E-state index contributed by atoms with van der Waals surface area (Å²) >= 11 is 0. The van der Waals surface area contributed by atoms with Crippen LogP contribution < -0.4 is 26.3 Å². The molecule has 3 aromatic rings. The highest BCUT2D eigenvalue weighted by molar-refractivity contribution is 5.92. The van der Waals surface area contributed by atoms with E-state index in [1.54, 1.807) is 24.3 Å². The number of methoxy groups -OCH3 is 1. The quantitative estimate of drug-likeness (QED) is 0.567. The molecular formula is C21H20N6O3. The molecular weight excluding hydrogens is 384 g/mol. The van der Waals surface area contributed by atoms with Crippen molar-refractivity contribution < 1.29 is 14.3 Å². The Morgan fingerprint density at radius 1 is 1.17 bits per heavy atom. The van der Waals surface area contributed by atoms with Crippen molar-refractivity contribution in [3.63, 3.8) is 0 Å². The Morgan fingerprint density at radius 2 is 1.97 bits per heavy atom. The molecule has 0 saturated heterocycles. The first-order valence-corrected chi connectivity index (χ1v) is 8.92. The summed E-state index contributed by atoms with van der Waals surface area (Å²) in [5.74, 6) is 0.347. The van der Waals surface area contributed by atoms with E-state index in [2.05, 4.69) is 15.3 Å². The average molecular weight is 404 g/mol. The summed E-state index contributed by atoms with van der Waals surface area (Å²) in [6.45, 7) is 1.73. The summed E-state index contributed by atoms with van der Waals surface area (Å²) in [6.07, 6.45) is 0. The number of nitriles is 1. The van der Waals surface area contributed by atoms with Crippen LogP contribution in [-0.2, 0) is 4.79 Å². The van der Waals surface area contributed by atoms with Gasteiger partial charge >= 0.3 is 0 Å². The van der Waals surface area contributed by atoms with Crippen LogP contribution in [0.25, 0.3) is 11.3 Å². The SMILES string of the molecule is COc1cc(-c2nc(N)nc(N)c2C#N)ccc1OCC(=O)Nc1cccc(C)c1. The predicted molar refractivity (Wildman–Crippen MR) is 113 cm³/mol. The zero-order chi connectivity index (χ0) is 21.7. The number of ether oxygens (including phenoxy) is 2. The number of aryl methyl sites for hydroxylation is 1. The van der Waals surface area contributed by atoms with Gasteiger partial charge in [-0.2, -0.15) is 10.2 Å². The molecule has 0 unspecified atom stereocenters. The average Bonchev–Trinajstić information content (AvgIpc) is 2.71. The summed E-state index contributed by atoms with van der Waals surface area (Å²) in [5, 5.41) is 12.1. The van der Waals surface area contributed by atoms with Crippen LogP contribution in [-0.4, -0.2) is 29.6 Å². The van der Waals surface area contributed by atoms with Gasteiger partial charge in [0, 0.05) is 11.3 Å². The molecule has 0 aliphatic carbocycles. The molecule has 0 saturated carbocycles. The molecule has 1 heterocycles. The summed E-state index contributed by atoms with van der Waals surface area (Å²) in [6, 6.07) is 14.3. The highest BCUT2D eigenvalue weighted by Crippen LogP contribution is 2.34. The van der Waals surface area contributed by atoms with E-state index in [4.69, 9.17) is 20.9 Å². The van der Waals surface area contributed by atoms with E-state index in [0.29, 0.717) is 22.7 Å². The number of rotatable bonds is 6. The number of nitrogens with zero attached hydrogens (tertiary/aromatic N) is 3. The number of carbonyl (C=O) groups excluding carboxylic acids is 1. The van der Waals surface area contributed by atoms with Gasteiger partial charge in [-0.1, -0.05) is 12.1 Å². The van der Waals surface area contributed by atoms with Gasteiger partial charge in [0.25, 0.3) is 5.91 Å². The van der Waals surface area contributed by atoms with Crippen molar-refractivity contribution >= 4 is 23.4 Å². The lowest BCUT2D eigenvalue weighted by Gasteiger charge is -2.13. The van der Waals surface area contributed by atoms with Crippen molar-refractivity contribution in [1.82, 2.24) is 9.97 Å². The minimum absolute atomic E-state index is 0.00730. The maximum Gasteiger partial charge on any atom is 0.262 e. The Hall–Kier alpha value is -4.32. The summed E-state index contributed by atoms with van der Waals surface area (Å²) < 4.78 is 11.0. The number of hydrogen-bond acceptors (Lipinski definition) is 8. The smallest absolute Gasteiger partial charge is 0.262 e. The number of anilines is 3. The Bertz CT molecular complexity index is 1140. The first kappa shape index (κ1) is 20.4. The molecule has 9 nitrogen and oxygen atoms in total. The fourth-order valence-electron chi connectivity index (χ4n) is 2.81. The molecule has 0 atom stereocenters. The van der Waals surface area contributed by atoms with E-state index >= 15 is 0 Å². The van der Waals surface area contributed by atoms with Gasteiger partial charge in [0.1, 0.15) is 17.5 Å². The largest absolute Gasteiger partial charge is 0.493 e. The molecule has 152 valence electrons. The Kier molecular flexibility index (Phi) is 5.98. The lowest BCUT2D eigenvalue weighted by Crippen LogP contribution is -2.20. The van der Waals surface area contributed by atoms with Crippen molar-refractivity contribution in [2.24, 2.45) is 0 Å². The van der Waals surface area contributed by atoms with E-state index in [-0.39, 0.29) is 35.5 Å². The second-order valence-corrected chi connectivity index (χ2v) is 6.37. The number of nitrogen functional groups attached to an aromatic ring is 2. The predicted octanol–water partition coefficient (Wildman–Crippen LogP) is 2.51. The number of benzene rings is 2. The van der Waals surface area contributed by atoms with Gasteiger partial charge in [0.05, 0.1) is 12.8 Å². The van der Waals surface area contributed by atoms with Crippen molar-refractivity contribution in [2.75, 3.05) is 30.5 Å².